The molecule has 0 bridgehead atoms. The molecule has 1 aromatic heterocycles. The van der Waals surface area contributed by atoms with E-state index in [1.165, 1.54) is 22.3 Å². The van der Waals surface area contributed by atoms with Crippen molar-refractivity contribution in [2.24, 2.45) is 0 Å². The SMILES string of the molecule is C1=CCCC(c2ccccc2Nc2ccc3c(c2)Oc2ccccc2-c2ccccc2Oc2cc(C4C=C(c5cccnc5)C=CC4)ccc2-3)=C1. The number of nitrogens with one attached hydrogen (secondary N) is 1. The average Bonchev–Trinajstić information content (AvgIpc) is 3.19. The summed E-state index contributed by atoms with van der Waals surface area (Å²) >= 11 is 0. The lowest BCUT2D eigenvalue weighted by Crippen LogP contribution is -2.02. The number of benzene rings is 5. The van der Waals surface area contributed by atoms with Gasteiger partial charge in [0.15, 0.2) is 0 Å². The molecule has 6 aromatic rings. The molecule has 1 aliphatic heterocycles. The number of hydrogen-bond donors (Lipinski definition) is 1. The van der Waals surface area contributed by atoms with Crippen LogP contribution >= 0.6 is 0 Å². The number of para-hydroxylation sites is 3. The van der Waals surface area contributed by atoms with Crippen LogP contribution in [0.1, 0.15) is 41.9 Å². The molecule has 5 aromatic carbocycles. The molecule has 1 unspecified atom stereocenters. The number of ether oxygens (including phenoxy) is 2. The standard InChI is InChI=1S/C47H36N2O2/c1-2-12-32(13-3-1)38-17-4-7-20-43(38)49-37-24-26-42-41-25-23-35(33-14-10-15-34(28-33)36-16-11-27-48-31-36)29-46(41)50-44-21-8-5-18-39(44)40-19-6-9-22-45(40)51-47(42)30-37/h1-2,4-12,15-31,33,49H,3,13-14H2. The van der Waals surface area contributed by atoms with E-state index in [-0.39, 0.29) is 5.92 Å². The van der Waals surface area contributed by atoms with E-state index in [4.69, 9.17) is 9.47 Å². The predicted molar refractivity (Wildman–Crippen MR) is 209 cm³/mol. The number of aromatic nitrogens is 1. The minimum Gasteiger partial charge on any atom is -0.456 e. The Kier molecular flexibility index (Phi) is 8.11. The number of nitrogens with zero attached hydrogens (tertiary/aromatic N) is 1. The monoisotopic (exact) mass is 660 g/mol. The molecule has 0 fully saturated rings. The second kappa shape index (κ2) is 13.5. The van der Waals surface area contributed by atoms with Gasteiger partial charge in [-0.3, -0.25) is 4.98 Å². The molecule has 2 heterocycles. The quantitative estimate of drug-likeness (QED) is 0.200. The van der Waals surface area contributed by atoms with Crippen molar-refractivity contribution in [1.82, 2.24) is 4.98 Å². The van der Waals surface area contributed by atoms with Crippen molar-refractivity contribution < 1.29 is 9.47 Å². The van der Waals surface area contributed by atoms with Gasteiger partial charge in [0.2, 0.25) is 0 Å². The maximum atomic E-state index is 6.95. The summed E-state index contributed by atoms with van der Waals surface area (Å²) in [5, 5.41) is 3.72. The summed E-state index contributed by atoms with van der Waals surface area (Å²) in [6.07, 6.45) is 20.1. The van der Waals surface area contributed by atoms with Crippen LogP contribution in [0.25, 0.3) is 33.4 Å². The van der Waals surface area contributed by atoms with Crippen molar-refractivity contribution in [2.45, 2.75) is 25.2 Å². The van der Waals surface area contributed by atoms with Crippen molar-refractivity contribution in [3.63, 3.8) is 0 Å². The van der Waals surface area contributed by atoms with Gasteiger partial charge in [-0.15, -0.1) is 0 Å². The first kappa shape index (κ1) is 30.7. The van der Waals surface area contributed by atoms with Crippen LogP contribution < -0.4 is 14.8 Å². The van der Waals surface area contributed by atoms with Gasteiger partial charge in [-0.25, -0.2) is 0 Å². The molecule has 2 aliphatic carbocycles. The van der Waals surface area contributed by atoms with E-state index in [1.54, 1.807) is 0 Å². The van der Waals surface area contributed by atoms with E-state index < -0.39 is 0 Å². The first-order valence-electron chi connectivity index (χ1n) is 17.6. The highest BCUT2D eigenvalue weighted by Gasteiger charge is 2.23. The minimum atomic E-state index is 0.197. The highest BCUT2D eigenvalue weighted by atomic mass is 16.5. The molecular weight excluding hydrogens is 625 g/mol. The Morgan fingerprint density at radius 3 is 2.08 bits per heavy atom. The van der Waals surface area contributed by atoms with Crippen LogP contribution in [0.4, 0.5) is 11.4 Å². The second-order valence-corrected chi connectivity index (χ2v) is 13.1. The molecule has 0 saturated heterocycles. The van der Waals surface area contributed by atoms with Crippen LogP contribution in [-0.2, 0) is 0 Å². The summed E-state index contributed by atoms with van der Waals surface area (Å²) in [4.78, 5) is 4.35. The first-order chi connectivity index (χ1) is 25.3. The average molecular weight is 661 g/mol. The van der Waals surface area contributed by atoms with Gasteiger partial charge in [-0.2, -0.15) is 0 Å². The van der Waals surface area contributed by atoms with Crippen LogP contribution in [-0.4, -0.2) is 4.98 Å². The van der Waals surface area contributed by atoms with Gasteiger partial charge in [0.1, 0.15) is 23.0 Å². The van der Waals surface area contributed by atoms with Crippen LogP contribution in [0.15, 0.2) is 170 Å². The third kappa shape index (κ3) is 6.17. The number of fused-ring (bicyclic) bond motifs is 6. The number of hydrogen-bond acceptors (Lipinski definition) is 4. The Labute approximate surface area is 298 Å². The Hall–Kier alpha value is -6.39. The fourth-order valence-corrected chi connectivity index (χ4v) is 7.27. The van der Waals surface area contributed by atoms with Crippen molar-refractivity contribution in [1.29, 1.82) is 0 Å². The molecular formula is C47H36N2O2. The number of anilines is 2. The van der Waals surface area contributed by atoms with Gasteiger partial charge in [-0.05, 0) is 84.0 Å². The molecule has 1 N–H and O–H groups in total. The summed E-state index contributed by atoms with van der Waals surface area (Å²) in [6, 6.07) is 42.0. The molecule has 246 valence electrons. The summed E-state index contributed by atoms with van der Waals surface area (Å²) in [7, 11) is 0. The molecule has 4 heteroatoms. The maximum absolute atomic E-state index is 6.95. The smallest absolute Gasteiger partial charge is 0.137 e. The van der Waals surface area contributed by atoms with E-state index in [0.29, 0.717) is 0 Å². The second-order valence-electron chi connectivity index (χ2n) is 13.1. The summed E-state index contributed by atoms with van der Waals surface area (Å²) in [6.45, 7) is 0. The van der Waals surface area contributed by atoms with Crippen LogP contribution in [0, 0.1) is 0 Å². The van der Waals surface area contributed by atoms with Gasteiger partial charge >= 0.3 is 0 Å². The van der Waals surface area contributed by atoms with E-state index in [9.17, 15) is 0 Å². The number of pyridine rings is 1. The van der Waals surface area contributed by atoms with Gasteiger partial charge < -0.3 is 14.8 Å². The van der Waals surface area contributed by atoms with E-state index in [0.717, 1.165) is 81.5 Å². The summed E-state index contributed by atoms with van der Waals surface area (Å²) < 4.78 is 13.9. The third-order valence-corrected chi connectivity index (χ3v) is 9.84. The van der Waals surface area contributed by atoms with Crippen molar-refractivity contribution >= 4 is 22.5 Å². The van der Waals surface area contributed by atoms with Crippen molar-refractivity contribution in [3.8, 4) is 45.3 Å². The van der Waals surface area contributed by atoms with Gasteiger partial charge in [0, 0.05) is 63.6 Å². The minimum absolute atomic E-state index is 0.197. The molecule has 9 rings (SSSR count). The highest BCUT2D eigenvalue weighted by molar-refractivity contribution is 5.85. The predicted octanol–water partition coefficient (Wildman–Crippen LogP) is 12.9. The Balaban J connectivity index is 1.16. The van der Waals surface area contributed by atoms with Gasteiger partial charge in [-0.1, -0.05) is 109 Å². The van der Waals surface area contributed by atoms with Crippen LogP contribution in [0.5, 0.6) is 23.0 Å². The van der Waals surface area contributed by atoms with E-state index in [1.807, 2.05) is 54.9 Å². The normalized spacial score (nSPS) is 15.8. The zero-order valence-corrected chi connectivity index (χ0v) is 28.1. The first-order valence-corrected chi connectivity index (χ1v) is 17.6. The molecule has 4 nitrogen and oxygen atoms in total. The van der Waals surface area contributed by atoms with Crippen molar-refractivity contribution in [3.05, 3.63) is 187 Å². The van der Waals surface area contributed by atoms with E-state index in [2.05, 4.69) is 126 Å². The molecule has 0 amide bonds. The number of allylic oxidation sites excluding steroid dienone is 8. The van der Waals surface area contributed by atoms with Gasteiger partial charge in [0.05, 0.1) is 0 Å². The lowest BCUT2D eigenvalue weighted by atomic mass is 9.86. The molecule has 51 heavy (non-hydrogen) atoms. The lowest BCUT2D eigenvalue weighted by molar-refractivity contribution is 0.472. The fourth-order valence-electron chi connectivity index (χ4n) is 7.27. The van der Waals surface area contributed by atoms with E-state index >= 15 is 0 Å². The third-order valence-electron chi connectivity index (χ3n) is 9.84. The zero-order chi connectivity index (χ0) is 34.0. The van der Waals surface area contributed by atoms with Crippen molar-refractivity contribution in [2.75, 3.05) is 5.32 Å². The molecule has 1 atom stereocenters. The van der Waals surface area contributed by atoms with Crippen LogP contribution in [0.3, 0.4) is 0 Å². The highest BCUT2D eigenvalue weighted by Crippen LogP contribution is 2.48. The van der Waals surface area contributed by atoms with Gasteiger partial charge in [0.25, 0.3) is 0 Å². The molecule has 0 saturated carbocycles. The summed E-state index contributed by atoms with van der Waals surface area (Å²) in [5.41, 5.74) is 11.9. The molecule has 3 aliphatic rings. The largest absolute Gasteiger partial charge is 0.456 e. The Morgan fingerprint density at radius 2 is 1.33 bits per heavy atom. The molecule has 0 spiro atoms. The fraction of sp³-hybridized carbons (Fsp3) is 0.0851. The molecule has 0 radical (unpaired) electrons. The van der Waals surface area contributed by atoms with Crippen LogP contribution in [0.2, 0.25) is 0 Å². The Morgan fingerprint density at radius 1 is 0.627 bits per heavy atom. The summed E-state index contributed by atoms with van der Waals surface area (Å²) in [5.74, 6) is 3.29. The Bertz CT molecular complexity index is 2380. The zero-order valence-electron chi connectivity index (χ0n) is 28.1. The maximum Gasteiger partial charge on any atom is 0.137 e. The lowest BCUT2D eigenvalue weighted by Gasteiger charge is -2.24. The topological polar surface area (TPSA) is 43.4 Å². The number of rotatable bonds is 5.